The average Bonchev–Trinajstić information content (AvgIpc) is 3.05. The number of carboxylic acids is 2. The van der Waals surface area contributed by atoms with E-state index in [0.29, 0.717) is 36.2 Å². The summed E-state index contributed by atoms with van der Waals surface area (Å²) >= 11 is 14.5. The van der Waals surface area contributed by atoms with Gasteiger partial charge in [0.2, 0.25) is 0 Å². The minimum Gasteiger partial charge on any atom is -0.481 e. The second-order valence-corrected chi connectivity index (χ2v) is 14.3. The zero-order chi connectivity index (χ0) is 35.7. The van der Waals surface area contributed by atoms with Crippen molar-refractivity contribution in [2.24, 2.45) is 0 Å². The maximum Gasteiger partial charge on any atom is 0.306 e. The molecule has 0 bridgehead atoms. The molecule has 0 radical (unpaired) electrons. The van der Waals surface area contributed by atoms with E-state index in [-0.39, 0.29) is 12.8 Å². The van der Waals surface area contributed by atoms with Crippen molar-refractivity contribution in [1.29, 1.82) is 0 Å². The molecule has 2 aliphatic rings. The van der Waals surface area contributed by atoms with E-state index in [1.54, 1.807) is 0 Å². The van der Waals surface area contributed by atoms with Crippen molar-refractivity contribution >= 4 is 35.1 Å². The predicted octanol–water partition coefficient (Wildman–Crippen LogP) is 7.00. The SMILES string of the molecule is Cc1c(-c2cccc(-c3cccc(-c4ccc5c(c4C)CCN(C[C@@H](O)CC(=O)O)C5)c3Cl)c2Cl)ccc2c1CCN(C[C@@H](O)CC(=O)O)C2. The molecule has 0 amide bonds. The Bertz CT molecular complexity index is 1810. The summed E-state index contributed by atoms with van der Waals surface area (Å²) in [6, 6.07) is 20.5. The van der Waals surface area contributed by atoms with Gasteiger partial charge in [0.15, 0.2) is 0 Å². The van der Waals surface area contributed by atoms with E-state index in [4.69, 9.17) is 33.4 Å². The van der Waals surface area contributed by atoms with Crippen molar-refractivity contribution in [2.45, 2.75) is 64.8 Å². The Morgan fingerprint density at radius 2 is 0.980 bits per heavy atom. The van der Waals surface area contributed by atoms with Crippen molar-refractivity contribution in [3.8, 4) is 33.4 Å². The summed E-state index contributed by atoms with van der Waals surface area (Å²) in [6.07, 6.45) is -0.736. The first-order chi connectivity index (χ1) is 23.9. The van der Waals surface area contributed by atoms with Crippen molar-refractivity contribution in [2.75, 3.05) is 26.2 Å². The average molecular weight is 718 g/mol. The van der Waals surface area contributed by atoms with Crippen LogP contribution in [0.15, 0.2) is 60.7 Å². The largest absolute Gasteiger partial charge is 0.481 e. The normalized spacial score (nSPS) is 16.0. The molecule has 0 spiro atoms. The molecule has 0 saturated carbocycles. The third kappa shape index (κ3) is 7.61. The van der Waals surface area contributed by atoms with Gasteiger partial charge in [0.05, 0.1) is 35.1 Å². The first-order valence-electron chi connectivity index (χ1n) is 17.0. The van der Waals surface area contributed by atoms with Crippen LogP contribution in [0.5, 0.6) is 0 Å². The summed E-state index contributed by atoms with van der Waals surface area (Å²) in [5, 5.41) is 39.6. The number of nitrogens with zero attached hydrogens (tertiary/aromatic N) is 2. The van der Waals surface area contributed by atoms with Gasteiger partial charge in [-0.05, 0) is 71.2 Å². The number of hydrogen-bond donors (Lipinski definition) is 4. The standard InChI is InChI=1S/C40H42Cl2N2O6/c1-23-29-13-15-43(21-27(45)17-37(47)48)19-25(29)9-11-31(23)33-5-3-7-35(39(33)41)36-8-4-6-34(40(36)42)32-12-10-26-20-44(16-14-30(26)24(32)2)22-28(46)18-38(49)50/h3-12,27-28,45-46H,13-22H2,1-2H3,(H,47,48)(H,49,50)/t27-,28-/m0/s1. The fourth-order valence-corrected chi connectivity index (χ4v) is 8.38. The number of carboxylic acid groups (broad SMARTS) is 2. The van der Waals surface area contributed by atoms with E-state index in [0.717, 1.165) is 70.4 Å². The molecule has 0 aromatic heterocycles. The number of aliphatic hydroxyl groups excluding tert-OH is 2. The Morgan fingerprint density at radius 1 is 0.620 bits per heavy atom. The fraction of sp³-hybridized carbons (Fsp3) is 0.350. The van der Waals surface area contributed by atoms with Crippen molar-refractivity contribution in [1.82, 2.24) is 9.80 Å². The third-order valence-corrected chi connectivity index (χ3v) is 11.0. The molecule has 50 heavy (non-hydrogen) atoms. The van der Waals surface area contributed by atoms with Crippen LogP contribution >= 0.6 is 23.2 Å². The predicted molar refractivity (Wildman–Crippen MR) is 197 cm³/mol. The number of halogens is 2. The van der Waals surface area contributed by atoms with Crippen LogP contribution in [0, 0.1) is 13.8 Å². The van der Waals surface area contributed by atoms with Gasteiger partial charge >= 0.3 is 11.9 Å². The van der Waals surface area contributed by atoms with Crippen molar-refractivity contribution < 1.29 is 30.0 Å². The lowest BCUT2D eigenvalue weighted by molar-refractivity contribution is -0.140. The van der Waals surface area contributed by atoms with Crippen LogP contribution < -0.4 is 0 Å². The maximum atomic E-state index is 11.0. The molecule has 0 fully saturated rings. The van der Waals surface area contributed by atoms with Crippen LogP contribution in [0.2, 0.25) is 10.0 Å². The third-order valence-electron chi connectivity index (χ3n) is 10.2. The quantitative estimate of drug-likeness (QED) is 0.131. The monoisotopic (exact) mass is 716 g/mol. The van der Waals surface area contributed by atoms with Gasteiger partial charge in [-0.15, -0.1) is 0 Å². The fourth-order valence-electron chi connectivity index (χ4n) is 7.72. The molecule has 4 N–H and O–H groups in total. The lowest BCUT2D eigenvalue weighted by atomic mass is 9.87. The molecule has 262 valence electrons. The molecule has 6 rings (SSSR count). The number of aliphatic hydroxyl groups is 2. The van der Waals surface area contributed by atoms with Gasteiger partial charge in [-0.1, -0.05) is 83.9 Å². The summed E-state index contributed by atoms with van der Waals surface area (Å²) in [7, 11) is 0. The molecule has 2 aliphatic heterocycles. The van der Waals surface area contributed by atoms with E-state index in [1.165, 1.54) is 22.3 Å². The number of benzene rings is 4. The number of β-amino-alcohol motifs (C(OH)–C–C–N with tert-alkyl or cyclic N) is 2. The minimum atomic E-state index is -1.00. The summed E-state index contributed by atoms with van der Waals surface area (Å²) in [6.45, 7) is 7.67. The van der Waals surface area contributed by atoms with Crippen LogP contribution in [-0.4, -0.2) is 80.6 Å². The highest BCUT2D eigenvalue weighted by Crippen LogP contribution is 2.44. The molecule has 4 aromatic carbocycles. The molecule has 0 aliphatic carbocycles. The molecular weight excluding hydrogens is 675 g/mol. The molecule has 2 heterocycles. The van der Waals surface area contributed by atoms with Crippen LogP contribution in [0.3, 0.4) is 0 Å². The summed E-state index contributed by atoms with van der Waals surface area (Å²) in [4.78, 5) is 26.2. The highest BCUT2D eigenvalue weighted by Gasteiger charge is 2.25. The van der Waals surface area contributed by atoms with E-state index < -0.39 is 24.1 Å². The number of hydrogen-bond acceptors (Lipinski definition) is 6. The second kappa shape index (κ2) is 15.2. The Morgan fingerprint density at radius 3 is 1.34 bits per heavy atom. The lowest BCUT2D eigenvalue weighted by Gasteiger charge is -2.32. The molecule has 4 aromatic rings. The number of rotatable bonds is 11. The minimum absolute atomic E-state index is 0.264. The first-order valence-corrected chi connectivity index (χ1v) is 17.7. The van der Waals surface area contributed by atoms with Gasteiger partial charge in [-0.2, -0.15) is 0 Å². The smallest absolute Gasteiger partial charge is 0.306 e. The zero-order valence-corrected chi connectivity index (χ0v) is 29.8. The number of aliphatic carboxylic acids is 2. The van der Waals surface area contributed by atoms with Gasteiger partial charge < -0.3 is 20.4 Å². The first kappa shape index (κ1) is 36.0. The van der Waals surface area contributed by atoms with Crippen LogP contribution in [0.25, 0.3) is 33.4 Å². The number of carbonyl (C=O) groups is 2. The summed E-state index contributed by atoms with van der Waals surface area (Å²) in [5.41, 5.74) is 12.8. The Kier molecular flexibility index (Phi) is 11.0. The van der Waals surface area contributed by atoms with Gasteiger partial charge in [-0.3, -0.25) is 19.4 Å². The number of fused-ring (bicyclic) bond motifs is 2. The molecule has 0 saturated heterocycles. The van der Waals surface area contributed by atoms with Crippen LogP contribution in [0.1, 0.15) is 46.2 Å². The van der Waals surface area contributed by atoms with E-state index >= 15 is 0 Å². The molecular formula is C40H42Cl2N2O6. The van der Waals surface area contributed by atoms with Gasteiger partial charge in [0, 0.05) is 61.5 Å². The molecule has 8 nitrogen and oxygen atoms in total. The van der Waals surface area contributed by atoms with Gasteiger partial charge in [0.1, 0.15) is 0 Å². The lowest BCUT2D eigenvalue weighted by Crippen LogP contribution is -2.37. The van der Waals surface area contributed by atoms with Crippen molar-refractivity contribution in [3.63, 3.8) is 0 Å². The van der Waals surface area contributed by atoms with E-state index in [9.17, 15) is 19.8 Å². The molecule has 0 unspecified atom stereocenters. The van der Waals surface area contributed by atoms with Gasteiger partial charge in [-0.25, -0.2) is 0 Å². The Labute approximate surface area is 302 Å². The highest BCUT2D eigenvalue weighted by atomic mass is 35.5. The van der Waals surface area contributed by atoms with Gasteiger partial charge in [0.25, 0.3) is 0 Å². The topological polar surface area (TPSA) is 122 Å². The van der Waals surface area contributed by atoms with Crippen LogP contribution in [0.4, 0.5) is 0 Å². The Balaban J connectivity index is 1.26. The van der Waals surface area contributed by atoms with E-state index in [2.05, 4.69) is 47.9 Å². The maximum absolute atomic E-state index is 11.0. The van der Waals surface area contributed by atoms with E-state index in [1.807, 2.05) is 36.4 Å². The Hall–Kier alpha value is -3.76. The van der Waals surface area contributed by atoms with Crippen molar-refractivity contribution in [3.05, 3.63) is 104 Å². The molecule has 2 atom stereocenters. The summed E-state index contributed by atoms with van der Waals surface area (Å²) < 4.78 is 0. The highest BCUT2D eigenvalue weighted by molar-refractivity contribution is 6.39. The van der Waals surface area contributed by atoms with Crippen LogP contribution in [-0.2, 0) is 35.5 Å². The second-order valence-electron chi connectivity index (χ2n) is 13.6. The summed E-state index contributed by atoms with van der Waals surface area (Å²) in [5.74, 6) is -2.00. The zero-order valence-electron chi connectivity index (χ0n) is 28.3. The molecule has 10 heteroatoms.